The molecule has 7 heteroatoms. The van der Waals surface area contributed by atoms with Crippen LogP contribution in [0.3, 0.4) is 0 Å². The Balaban J connectivity index is 1.62. The summed E-state index contributed by atoms with van der Waals surface area (Å²) in [5, 5.41) is 3.30. The van der Waals surface area contributed by atoms with Crippen LogP contribution in [-0.4, -0.2) is 44.3 Å². The van der Waals surface area contributed by atoms with Crippen LogP contribution in [0.1, 0.15) is 18.4 Å². The number of esters is 1. The van der Waals surface area contributed by atoms with Gasteiger partial charge in [-0.3, -0.25) is 4.79 Å². The first-order valence-electron chi connectivity index (χ1n) is 7.47. The fourth-order valence-electron chi connectivity index (χ4n) is 2.12. The summed E-state index contributed by atoms with van der Waals surface area (Å²) in [5.41, 5.74) is 0.853. The number of hydrogen-bond acceptors (Lipinski definition) is 5. The number of aryl methyl sites for hydroxylation is 1. The Labute approximate surface area is 140 Å². The first-order chi connectivity index (χ1) is 11.0. The maximum atomic E-state index is 11.6. The van der Waals surface area contributed by atoms with Crippen molar-refractivity contribution in [2.75, 3.05) is 26.4 Å². The van der Waals surface area contributed by atoms with E-state index in [0.29, 0.717) is 17.3 Å². The maximum absolute atomic E-state index is 11.6. The minimum atomic E-state index is -0.607. The highest BCUT2D eigenvalue weighted by molar-refractivity contribution is 6.31. The average molecular weight is 342 g/mol. The molecule has 0 aliphatic carbocycles. The molecule has 0 radical (unpaired) electrons. The first kappa shape index (κ1) is 17.6. The van der Waals surface area contributed by atoms with Gasteiger partial charge in [0.05, 0.1) is 6.10 Å². The van der Waals surface area contributed by atoms with Gasteiger partial charge in [0.1, 0.15) is 5.75 Å². The van der Waals surface area contributed by atoms with Crippen LogP contribution in [0, 0.1) is 6.92 Å². The summed E-state index contributed by atoms with van der Waals surface area (Å²) in [6, 6.07) is 5.08. The fraction of sp³-hybridized carbons (Fsp3) is 0.500. The van der Waals surface area contributed by atoms with Gasteiger partial charge in [0.25, 0.3) is 5.91 Å². The lowest BCUT2D eigenvalue weighted by Crippen LogP contribution is -2.35. The molecule has 0 aromatic heterocycles. The molecular weight excluding hydrogens is 322 g/mol. The predicted octanol–water partition coefficient (Wildman–Crippen LogP) is 1.87. The van der Waals surface area contributed by atoms with Gasteiger partial charge in [0, 0.05) is 18.2 Å². The van der Waals surface area contributed by atoms with Gasteiger partial charge in [-0.1, -0.05) is 11.6 Å². The monoisotopic (exact) mass is 341 g/mol. The molecule has 1 aromatic carbocycles. The minimum absolute atomic E-state index is 0.0612. The summed E-state index contributed by atoms with van der Waals surface area (Å²) in [6.45, 7) is 2.43. The molecule has 1 amide bonds. The van der Waals surface area contributed by atoms with Crippen molar-refractivity contribution in [3.05, 3.63) is 28.8 Å². The lowest BCUT2D eigenvalue weighted by molar-refractivity contribution is -0.150. The van der Waals surface area contributed by atoms with E-state index in [-0.39, 0.29) is 25.2 Å². The summed E-state index contributed by atoms with van der Waals surface area (Å²) in [5.74, 6) is -0.437. The Morgan fingerprint density at radius 1 is 1.39 bits per heavy atom. The number of nitrogens with one attached hydrogen (secondary N) is 1. The average Bonchev–Trinajstić information content (AvgIpc) is 3.05. The topological polar surface area (TPSA) is 73.9 Å². The number of benzene rings is 1. The molecule has 1 saturated heterocycles. The van der Waals surface area contributed by atoms with Gasteiger partial charge in [-0.2, -0.15) is 0 Å². The van der Waals surface area contributed by atoms with Gasteiger partial charge in [-0.25, -0.2) is 4.79 Å². The van der Waals surface area contributed by atoms with E-state index in [1.165, 1.54) is 0 Å². The lowest BCUT2D eigenvalue weighted by Gasteiger charge is -2.11. The number of carbonyl (C=O) groups is 2. The summed E-state index contributed by atoms with van der Waals surface area (Å²) < 4.78 is 15.5. The van der Waals surface area contributed by atoms with E-state index >= 15 is 0 Å². The van der Waals surface area contributed by atoms with Crippen molar-refractivity contribution in [2.45, 2.75) is 25.9 Å². The Morgan fingerprint density at radius 2 is 2.22 bits per heavy atom. The normalized spacial score (nSPS) is 16.9. The first-order valence-corrected chi connectivity index (χ1v) is 7.85. The molecule has 1 N–H and O–H groups in total. The van der Waals surface area contributed by atoms with Crippen LogP contribution < -0.4 is 10.1 Å². The molecule has 126 valence electrons. The molecule has 1 heterocycles. The molecule has 2 rings (SSSR count). The number of rotatable bonds is 7. The second-order valence-corrected chi connectivity index (χ2v) is 5.71. The van der Waals surface area contributed by atoms with Crippen molar-refractivity contribution in [1.29, 1.82) is 0 Å². The highest BCUT2D eigenvalue weighted by atomic mass is 35.5. The second kappa shape index (κ2) is 8.74. The van der Waals surface area contributed by atoms with E-state index in [0.717, 1.165) is 25.0 Å². The number of amides is 1. The summed E-state index contributed by atoms with van der Waals surface area (Å²) in [7, 11) is 0. The van der Waals surface area contributed by atoms with Crippen LogP contribution in [0.4, 0.5) is 0 Å². The van der Waals surface area contributed by atoms with Gasteiger partial charge in [-0.15, -0.1) is 0 Å². The van der Waals surface area contributed by atoms with Crippen LogP contribution in [0.25, 0.3) is 0 Å². The number of carbonyl (C=O) groups excluding carboxylic acids is 2. The zero-order chi connectivity index (χ0) is 16.7. The van der Waals surface area contributed by atoms with Gasteiger partial charge in [0.2, 0.25) is 0 Å². The molecule has 1 aromatic rings. The molecule has 0 unspecified atom stereocenters. The van der Waals surface area contributed by atoms with Crippen molar-refractivity contribution >= 4 is 23.5 Å². The molecular formula is C16H20ClNO5. The molecule has 1 aliphatic heterocycles. The summed E-state index contributed by atoms with van der Waals surface area (Å²) >= 11 is 5.90. The van der Waals surface area contributed by atoms with Crippen molar-refractivity contribution in [2.24, 2.45) is 0 Å². The Kier molecular flexibility index (Phi) is 6.67. The van der Waals surface area contributed by atoms with Crippen molar-refractivity contribution in [3.8, 4) is 5.75 Å². The molecule has 1 fully saturated rings. The van der Waals surface area contributed by atoms with E-state index in [1.54, 1.807) is 18.2 Å². The largest absolute Gasteiger partial charge is 0.482 e. The van der Waals surface area contributed by atoms with E-state index in [1.807, 2.05) is 6.92 Å². The molecule has 23 heavy (non-hydrogen) atoms. The molecule has 6 nitrogen and oxygen atoms in total. The number of ether oxygens (including phenoxy) is 3. The third-order valence-electron chi connectivity index (χ3n) is 3.40. The Bertz CT molecular complexity index is 557. The van der Waals surface area contributed by atoms with Gasteiger partial charge in [0.15, 0.2) is 13.2 Å². The minimum Gasteiger partial charge on any atom is -0.482 e. The zero-order valence-electron chi connectivity index (χ0n) is 13.0. The highest BCUT2D eigenvalue weighted by Crippen LogP contribution is 2.20. The van der Waals surface area contributed by atoms with E-state index in [2.05, 4.69) is 5.32 Å². The van der Waals surface area contributed by atoms with Crippen molar-refractivity contribution in [3.63, 3.8) is 0 Å². The second-order valence-electron chi connectivity index (χ2n) is 5.30. The van der Waals surface area contributed by atoms with Crippen molar-refractivity contribution < 1.29 is 23.8 Å². The van der Waals surface area contributed by atoms with Crippen LogP contribution in [-0.2, 0) is 19.1 Å². The number of hydrogen-bond donors (Lipinski definition) is 1. The summed E-state index contributed by atoms with van der Waals surface area (Å²) in [6.07, 6.45) is 2.01. The quantitative estimate of drug-likeness (QED) is 0.766. The predicted molar refractivity (Wildman–Crippen MR) is 84.6 cm³/mol. The van der Waals surface area contributed by atoms with Gasteiger partial charge >= 0.3 is 5.97 Å². The zero-order valence-corrected chi connectivity index (χ0v) is 13.7. The Hall–Kier alpha value is -1.79. The SMILES string of the molecule is Cc1cc(OCC(=O)OCC(=O)NC[C@@H]2CCCO2)ccc1Cl. The lowest BCUT2D eigenvalue weighted by atomic mass is 10.2. The Morgan fingerprint density at radius 3 is 2.91 bits per heavy atom. The molecule has 1 aliphatic rings. The highest BCUT2D eigenvalue weighted by Gasteiger charge is 2.16. The van der Waals surface area contributed by atoms with E-state index in [9.17, 15) is 9.59 Å². The van der Waals surface area contributed by atoms with Crippen LogP contribution in [0.2, 0.25) is 5.02 Å². The third kappa shape index (κ3) is 6.08. The van der Waals surface area contributed by atoms with Crippen LogP contribution >= 0.6 is 11.6 Å². The molecule has 1 atom stereocenters. The maximum Gasteiger partial charge on any atom is 0.344 e. The summed E-state index contributed by atoms with van der Waals surface area (Å²) in [4.78, 5) is 23.1. The smallest absolute Gasteiger partial charge is 0.344 e. The van der Waals surface area contributed by atoms with E-state index < -0.39 is 5.97 Å². The third-order valence-corrected chi connectivity index (χ3v) is 3.83. The van der Waals surface area contributed by atoms with Crippen molar-refractivity contribution in [1.82, 2.24) is 5.32 Å². The standard InChI is InChI=1S/C16H20ClNO5/c1-11-7-12(4-5-14(11)17)22-10-16(20)23-9-15(19)18-8-13-3-2-6-21-13/h4-5,7,13H,2-3,6,8-10H2,1H3,(H,18,19)/t13-/m0/s1. The van der Waals surface area contributed by atoms with Gasteiger partial charge < -0.3 is 19.5 Å². The number of halogens is 1. The molecule has 0 bridgehead atoms. The van der Waals surface area contributed by atoms with Crippen LogP contribution in [0.15, 0.2) is 18.2 Å². The van der Waals surface area contributed by atoms with E-state index in [4.69, 9.17) is 25.8 Å². The van der Waals surface area contributed by atoms with Gasteiger partial charge in [-0.05, 0) is 43.5 Å². The molecule has 0 saturated carbocycles. The molecule has 0 spiro atoms. The van der Waals surface area contributed by atoms with Crippen LogP contribution in [0.5, 0.6) is 5.75 Å². The fourth-order valence-corrected chi connectivity index (χ4v) is 2.24.